The molecule has 1 saturated heterocycles. The van der Waals surface area contributed by atoms with Crippen molar-refractivity contribution in [2.24, 2.45) is 0 Å². The molecule has 1 heterocycles. The molecule has 1 atom stereocenters. The van der Waals surface area contributed by atoms with Gasteiger partial charge in [-0.25, -0.2) is 0 Å². The molecule has 1 aliphatic heterocycles. The molecule has 1 fully saturated rings. The number of nitrogens with one attached hydrogen (secondary N) is 1. The number of carbonyl (C=O) groups is 1. The molecule has 21 heavy (non-hydrogen) atoms. The van der Waals surface area contributed by atoms with Crippen LogP contribution in [0.1, 0.15) is 49.9 Å². The summed E-state index contributed by atoms with van der Waals surface area (Å²) in [6.45, 7) is 5.92. The highest BCUT2D eigenvalue weighted by Gasteiger charge is 2.22. The van der Waals surface area contributed by atoms with Crippen molar-refractivity contribution in [2.45, 2.75) is 45.6 Å². The van der Waals surface area contributed by atoms with Gasteiger partial charge in [0.15, 0.2) is 17.3 Å². The molecule has 1 unspecified atom stereocenters. The number of hydrogen-bond acceptors (Lipinski definition) is 4. The van der Waals surface area contributed by atoms with E-state index in [0.717, 1.165) is 25.8 Å². The number of carbonyl (C=O) groups excluding carboxylic acids is 1. The summed E-state index contributed by atoms with van der Waals surface area (Å²) in [5.41, 5.74) is 0.696. The van der Waals surface area contributed by atoms with E-state index in [9.17, 15) is 4.79 Å². The third-order valence-corrected chi connectivity index (χ3v) is 3.70. The van der Waals surface area contributed by atoms with E-state index in [1.807, 2.05) is 32.0 Å². The van der Waals surface area contributed by atoms with Gasteiger partial charge >= 0.3 is 0 Å². The zero-order valence-corrected chi connectivity index (χ0v) is 13.0. The predicted molar refractivity (Wildman–Crippen MR) is 83.4 cm³/mol. The van der Waals surface area contributed by atoms with E-state index in [4.69, 9.17) is 9.47 Å². The van der Waals surface area contributed by atoms with Crippen molar-refractivity contribution in [3.05, 3.63) is 23.8 Å². The van der Waals surface area contributed by atoms with E-state index in [2.05, 4.69) is 5.32 Å². The van der Waals surface area contributed by atoms with Crippen LogP contribution in [0, 0.1) is 0 Å². The average molecular weight is 291 g/mol. The third-order valence-electron chi connectivity index (χ3n) is 3.70. The lowest BCUT2D eigenvalue weighted by Gasteiger charge is -2.16. The fourth-order valence-corrected chi connectivity index (χ4v) is 2.66. The summed E-state index contributed by atoms with van der Waals surface area (Å²) in [5, 5.41) is 3.35. The van der Waals surface area contributed by atoms with Crippen LogP contribution in [0.2, 0.25) is 0 Å². The van der Waals surface area contributed by atoms with Crippen molar-refractivity contribution in [2.75, 3.05) is 19.8 Å². The van der Waals surface area contributed by atoms with Gasteiger partial charge in [-0.1, -0.05) is 12.8 Å². The molecule has 116 valence electrons. The lowest BCUT2D eigenvalue weighted by atomic mass is 10.00. The lowest BCUT2D eigenvalue weighted by Crippen LogP contribution is -2.36. The van der Waals surface area contributed by atoms with E-state index in [1.54, 1.807) is 0 Å². The number of Topliss-reactive ketones (excluding diaryl/α,β-unsaturated/α-hetero) is 1. The highest BCUT2D eigenvalue weighted by molar-refractivity contribution is 6.00. The van der Waals surface area contributed by atoms with Gasteiger partial charge in [-0.05, 0) is 51.4 Å². The maximum absolute atomic E-state index is 12.6. The average Bonchev–Trinajstić information content (AvgIpc) is 2.78. The van der Waals surface area contributed by atoms with Crippen LogP contribution in [0.3, 0.4) is 0 Å². The van der Waals surface area contributed by atoms with Gasteiger partial charge in [-0.15, -0.1) is 0 Å². The Hall–Kier alpha value is -1.55. The highest BCUT2D eigenvalue weighted by Crippen LogP contribution is 2.29. The second kappa shape index (κ2) is 8.03. The molecule has 1 N–H and O–H groups in total. The number of ketones is 1. The number of rotatable bonds is 6. The molecule has 0 aliphatic carbocycles. The SMILES string of the molecule is CCOc1ccc(C(=O)C2CCCCCN2)cc1OCC. The lowest BCUT2D eigenvalue weighted by molar-refractivity contribution is 0.0940. The number of hydrogen-bond donors (Lipinski definition) is 1. The first-order chi connectivity index (χ1) is 10.3. The van der Waals surface area contributed by atoms with Crippen molar-refractivity contribution in [1.29, 1.82) is 0 Å². The summed E-state index contributed by atoms with van der Waals surface area (Å²) < 4.78 is 11.1. The minimum Gasteiger partial charge on any atom is -0.490 e. The molecule has 0 aromatic heterocycles. The fourth-order valence-electron chi connectivity index (χ4n) is 2.66. The Kier molecular flexibility index (Phi) is 6.05. The topological polar surface area (TPSA) is 47.6 Å². The minimum absolute atomic E-state index is 0.0695. The Balaban J connectivity index is 2.17. The summed E-state index contributed by atoms with van der Waals surface area (Å²) in [6, 6.07) is 5.41. The largest absolute Gasteiger partial charge is 0.490 e. The van der Waals surface area contributed by atoms with E-state index < -0.39 is 0 Å². The molecule has 4 heteroatoms. The molecule has 1 aromatic carbocycles. The summed E-state index contributed by atoms with van der Waals surface area (Å²) in [7, 11) is 0. The molecule has 1 aliphatic rings. The Labute approximate surface area is 126 Å². The first-order valence-corrected chi connectivity index (χ1v) is 7.93. The van der Waals surface area contributed by atoms with Crippen LogP contribution in [0.4, 0.5) is 0 Å². The number of benzene rings is 1. The van der Waals surface area contributed by atoms with E-state index in [1.165, 1.54) is 6.42 Å². The monoisotopic (exact) mass is 291 g/mol. The van der Waals surface area contributed by atoms with Gasteiger partial charge in [-0.3, -0.25) is 4.79 Å². The fraction of sp³-hybridized carbons (Fsp3) is 0.588. The van der Waals surface area contributed by atoms with Crippen molar-refractivity contribution >= 4 is 5.78 Å². The summed E-state index contributed by atoms with van der Waals surface area (Å²) in [4.78, 5) is 12.6. The van der Waals surface area contributed by atoms with Crippen LogP contribution >= 0.6 is 0 Å². The summed E-state index contributed by atoms with van der Waals surface area (Å²) in [5.74, 6) is 1.50. The molecule has 0 radical (unpaired) electrons. The molecule has 4 nitrogen and oxygen atoms in total. The summed E-state index contributed by atoms with van der Waals surface area (Å²) in [6.07, 6.45) is 4.37. The third kappa shape index (κ3) is 4.21. The minimum atomic E-state index is -0.0695. The van der Waals surface area contributed by atoms with Gasteiger partial charge < -0.3 is 14.8 Å². The normalized spacial score (nSPS) is 18.9. The Morgan fingerprint density at radius 3 is 2.67 bits per heavy atom. The second-order valence-corrected chi connectivity index (χ2v) is 5.25. The van der Waals surface area contributed by atoms with Crippen molar-refractivity contribution in [1.82, 2.24) is 5.32 Å². The standard InChI is InChI=1S/C17H25NO3/c1-3-20-15-10-9-13(12-16(15)21-4-2)17(19)14-8-6-5-7-11-18-14/h9-10,12,14,18H,3-8,11H2,1-2H3. The highest BCUT2D eigenvalue weighted by atomic mass is 16.5. The molecule has 0 amide bonds. The molecule has 2 rings (SSSR count). The van der Waals surface area contributed by atoms with E-state index >= 15 is 0 Å². The maximum Gasteiger partial charge on any atom is 0.179 e. The van der Waals surface area contributed by atoms with Gasteiger partial charge in [0.05, 0.1) is 19.3 Å². The number of ether oxygens (including phenoxy) is 2. The Bertz CT molecular complexity index is 465. The van der Waals surface area contributed by atoms with Gasteiger partial charge in [0.25, 0.3) is 0 Å². The van der Waals surface area contributed by atoms with Crippen LogP contribution < -0.4 is 14.8 Å². The molecule has 0 spiro atoms. The van der Waals surface area contributed by atoms with Gasteiger partial charge in [0.2, 0.25) is 0 Å². The van der Waals surface area contributed by atoms with Gasteiger partial charge in [0, 0.05) is 5.56 Å². The molecular formula is C17H25NO3. The zero-order valence-electron chi connectivity index (χ0n) is 13.0. The van der Waals surface area contributed by atoms with Crippen LogP contribution in [0.15, 0.2) is 18.2 Å². The van der Waals surface area contributed by atoms with Gasteiger partial charge in [-0.2, -0.15) is 0 Å². The second-order valence-electron chi connectivity index (χ2n) is 5.25. The molecule has 0 saturated carbocycles. The van der Waals surface area contributed by atoms with Crippen molar-refractivity contribution < 1.29 is 14.3 Å². The molecule has 0 bridgehead atoms. The Morgan fingerprint density at radius 2 is 1.90 bits per heavy atom. The smallest absolute Gasteiger partial charge is 0.179 e. The van der Waals surface area contributed by atoms with Crippen LogP contribution in [-0.2, 0) is 0 Å². The molecule has 1 aromatic rings. The van der Waals surface area contributed by atoms with E-state index in [-0.39, 0.29) is 11.8 Å². The van der Waals surface area contributed by atoms with Crippen molar-refractivity contribution in [3.63, 3.8) is 0 Å². The first kappa shape index (κ1) is 15.8. The van der Waals surface area contributed by atoms with Crippen LogP contribution in [0.5, 0.6) is 11.5 Å². The van der Waals surface area contributed by atoms with Gasteiger partial charge in [0.1, 0.15) is 0 Å². The summed E-state index contributed by atoms with van der Waals surface area (Å²) >= 11 is 0. The van der Waals surface area contributed by atoms with Crippen LogP contribution in [-0.4, -0.2) is 31.6 Å². The van der Waals surface area contributed by atoms with Crippen LogP contribution in [0.25, 0.3) is 0 Å². The Morgan fingerprint density at radius 1 is 1.14 bits per heavy atom. The van der Waals surface area contributed by atoms with Crippen molar-refractivity contribution in [3.8, 4) is 11.5 Å². The quantitative estimate of drug-likeness (QED) is 0.818. The maximum atomic E-state index is 12.6. The predicted octanol–water partition coefficient (Wildman–Crippen LogP) is 3.20. The molecular weight excluding hydrogens is 266 g/mol. The first-order valence-electron chi connectivity index (χ1n) is 7.93. The van der Waals surface area contributed by atoms with E-state index in [0.29, 0.717) is 30.3 Å². The zero-order chi connectivity index (χ0) is 15.1.